The Kier molecular flexibility index (Phi) is 3.59. The first-order valence-corrected chi connectivity index (χ1v) is 6.92. The van der Waals surface area contributed by atoms with Crippen LogP contribution in [0.5, 0.6) is 17.2 Å². The van der Waals surface area contributed by atoms with Crippen molar-refractivity contribution in [2.75, 3.05) is 14.2 Å². The molecule has 4 heteroatoms. The second-order valence-corrected chi connectivity index (χ2v) is 5.10. The third-order valence-electron chi connectivity index (χ3n) is 3.77. The van der Waals surface area contributed by atoms with E-state index >= 15 is 0 Å². The first-order chi connectivity index (χ1) is 10.6. The van der Waals surface area contributed by atoms with Gasteiger partial charge in [0.2, 0.25) is 0 Å². The molecule has 0 radical (unpaired) electrons. The number of para-hydroxylation sites is 1. The number of rotatable bonds is 3. The van der Waals surface area contributed by atoms with Crippen LogP contribution in [-0.4, -0.2) is 25.1 Å². The van der Waals surface area contributed by atoms with Gasteiger partial charge in [-0.05, 0) is 29.8 Å². The number of hydrogen-bond acceptors (Lipinski definition) is 4. The van der Waals surface area contributed by atoms with E-state index < -0.39 is 0 Å². The molecule has 0 bridgehead atoms. The standard InChI is InChI=1S/C18H16O4/c1-21-16-5-3-4-12(18(16)22-2)9-13-8-11-6-7-14(19)10-15(11)17(13)20/h3-7,9-10,19H,8H2,1-2H3. The molecule has 22 heavy (non-hydrogen) atoms. The largest absolute Gasteiger partial charge is 0.508 e. The first kappa shape index (κ1) is 14.2. The molecule has 3 rings (SSSR count). The van der Waals surface area contributed by atoms with Crippen LogP contribution in [0, 0.1) is 0 Å². The molecule has 0 fully saturated rings. The van der Waals surface area contributed by atoms with Crippen molar-refractivity contribution in [3.05, 3.63) is 58.7 Å². The van der Waals surface area contributed by atoms with Crippen LogP contribution in [0.1, 0.15) is 21.5 Å². The molecule has 1 aliphatic carbocycles. The Hall–Kier alpha value is -2.75. The Morgan fingerprint density at radius 3 is 2.68 bits per heavy atom. The number of fused-ring (bicyclic) bond motifs is 1. The van der Waals surface area contributed by atoms with Gasteiger partial charge in [0.1, 0.15) is 5.75 Å². The zero-order chi connectivity index (χ0) is 15.7. The lowest BCUT2D eigenvalue weighted by molar-refractivity contribution is 0.104. The molecule has 0 aromatic heterocycles. The number of phenolic OH excluding ortho intramolecular Hbond substituents is 1. The molecular formula is C18H16O4. The summed E-state index contributed by atoms with van der Waals surface area (Å²) in [5.41, 5.74) is 2.96. The zero-order valence-corrected chi connectivity index (χ0v) is 12.4. The van der Waals surface area contributed by atoms with Crippen LogP contribution in [0.4, 0.5) is 0 Å². The van der Waals surface area contributed by atoms with Crippen LogP contribution >= 0.6 is 0 Å². The maximum atomic E-state index is 12.5. The summed E-state index contributed by atoms with van der Waals surface area (Å²) in [7, 11) is 3.15. The molecule has 0 unspecified atom stereocenters. The number of ether oxygens (including phenoxy) is 2. The fourth-order valence-electron chi connectivity index (χ4n) is 2.72. The van der Waals surface area contributed by atoms with E-state index in [1.54, 1.807) is 26.4 Å². The summed E-state index contributed by atoms with van der Waals surface area (Å²) in [6.45, 7) is 0. The van der Waals surface area contributed by atoms with Crippen molar-refractivity contribution in [2.24, 2.45) is 0 Å². The monoisotopic (exact) mass is 296 g/mol. The number of phenols is 1. The average Bonchev–Trinajstić information content (AvgIpc) is 2.83. The Morgan fingerprint density at radius 2 is 1.95 bits per heavy atom. The normalized spacial score (nSPS) is 15.0. The van der Waals surface area contributed by atoms with Crippen molar-refractivity contribution in [3.8, 4) is 17.2 Å². The number of allylic oxidation sites excluding steroid dienone is 1. The second kappa shape index (κ2) is 5.56. The molecule has 0 spiro atoms. The molecule has 0 amide bonds. The number of methoxy groups -OCH3 is 2. The van der Waals surface area contributed by atoms with Gasteiger partial charge in [0.25, 0.3) is 0 Å². The fourth-order valence-corrected chi connectivity index (χ4v) is 2.72. The SMILES string of the molecule is COc1cccc(C=C2Cc3ccc(O)cc3C2=O)c1OC. The Labute approximate surface area is 128 Å². The maximum absolute atomic E-state index is 12.5. The maximum Gasteiger partial charge on any atom is 0.189 e. The molecule has 0 aliphatic heterocycles. The summed E-state index contributed by atoms with van der Waals surface area (Å²) >= 11 is 0. The number of carbonyl (C=O) groups is 1. The molecule has 0 heterocycles. The minimum atomic E-state index is -0.0595. The molecular weight excluding hydrogens is 280 g/mol. The minimum Gasteiger partial charge on any atom is -0.508 e. The van der Waals surface area contributed by atoms with Gasteiger partial charge < -0.3 is 14.6 Å². The summed E-state index contributed by atoms with van der Waals surface area (Å²) in [6, 6.07) is 10.4. The number of carbonyl (C=O) groups excluding carboxylic acids is 1. The van der Waals surface area contributed by atoms with Gasteiger partial charge in [0.15, 0.2) is 17.3 Å². The molecule has 0 saturated heterocycles. The molecule has 2 aromatic carbocycles. The van der Waals surface area contributed by atoms with E-state index in [9.17, 15) is 9.90 Å². The van der Waals surface area contributed by atoms with E-state index in [1.165, 1.54) is 6.07 Å². The van der Waals surface area contributed by atoms with Gasteiger partial charge in [-0.25, -0.2) is 0 Å². The number of hydrogen-bond donors (Lipinski definition) is 1. The molecule has 0 saturated carbocycles. The van der Waals surface area contributed by atoms with E-state index in [2.05, 4.69) is 0 Å². The lowest BCUT2D eigenvalue weighted by Crippen LogP contribution is -1.97. The second-order valence-electron chi connectivity index (χ2n) is 5.10. The van der Waals surface area contributed by atoms with Crippen molar-refractivity contribution in [1.82, 2.24) is 0 Å². The van der Waals surface area contributed by atoms with Gasteiger partial charge in [-0.15, -0.1) is 0 Å². The fraction of sp³-hybridized carbons (Fsp3) is 0.167. The van der Waals surface area contributed by atoms with Gasteiger partial charge in [-0.2, -0.15) is 0 Å². The van der Waals surface area contributed by atoms with E-state index in [0.717, 1.165) is 11.1 Å². The molecule has 112 valence electrons. The molecule has 1 aliphatic rings. The van der Waals surface area contributed by atoms with Gasteiger partial charge in [-0.3, -0.25) is 4.79 Å². The first-order valence-electron chi connectivity index (χ1n) is 6.92. The highest BCUT2D eigenvalue weighted by Gasteiger charge is 2.25. The van der Waals surface area contributed by atoms with E-state index in [0.29, 0.717) is 29.1 Å². The van der Waals surface area contributed by atoms with Gasteiger partial charge in [0.05, 0.1) is 14.2 Å². The van der Waals surface area contributed by atoms with E-state index in [-0.39, 0.29) is 11.5 Å². The quantitative estimate of drug-likeness (QED) is 0.884. The van der Waals surface area contributed by atoms with Crippen LogP contribution in [0.15, 0.2) is 42.0 Å². The number of Topliss-reactive ketones (excluding diaryl/α,β-unsaturated/α-hetero) is 1. The summed E-state index contributed by atoms with van der Waals surface area (Å²) < 4.78 is 10.7. The summed E-state index contributed by atoms with van der Waals surface area (Å²) in [6.07, 6.45) is 2.37. The number of benzene rings is 2. The van der Waals surface area contributed by atoms with Crippen molar-refractivity contribution < 1.29 is 19.4 Å². The number of ketones is 1. The average molecular weight is 296 g/mol. The smallest absolute Gasteiger partial charge is 0.189 e. The number of aromatic hydroxyl groups is 1. The highest BCUT2D eigenvalue weighted by atomic mass is 16.5. The Morgan fingerprint density at radius 1 is 1.14 bits per heavy atom. The van der Waals surface area contributed by atoms with Crippen LogP contribution in [0.3, 0.4) is 0 Å². The predicted molar refractivity (Wildman–Crippen MR) is 83.7 cm³/mol. The van der Waals surface area contributed by atoms with Crippen molar-refractivity contribution >= 4 is 11.9 Å². The van der Waals surface area contributed by atoms with E-state index in [1.807, 2.05) is 24.3 Å². The topological polar surface area (TPSA) is 55.8 Å². The molecule has 0 atom stereocenters. The zero-order valence-electron chi connectivity index (χ0n) is 12.4. The minimum absolute atomic E-state index is 0.0595. The van der Waals surface area contributed by atoms with Crippen molar-refractivity contribution in [2.45, 2.75) is 6.42 Å². The van der Waals surface area contributed by atoms with E-state index in [4.69, 9.17) is 9.47 Å². The molecule has 2 aromatic rings. The van der Waals surface area contributed by atoms with Crippen molar-refractivity contribution in [1.29, 1.82) is 0 Å². The highest BCUT2D eigenvalue weighted by Crippen LogP contribution is 2.35. The van der Waals surface area contributed by atoms with Gasteiger partial charge >= 0.3 is 0 Å². The van der Waals surface area contributed by atoms with Crippen LogP contribution in [0.2, 0.25) is 0 Å². The molecule has 1 N–H and O–H groups in total. The van der Waals surface area contributed by atoms with Crippen LogP contribution in [-0.2, 0) is 6.42 Å². The van der Waals surface area contributed by atoms with Gasteiger partial charge in [-0.1, -0.05) is 18.2 Å². The summed E-state index contributed by atoms with van der Waals surface area (Å²) in [5.74, 6) is 1.27. The van der Waals surface area contributed by atoms with Crippen LogP contribution < -0.4 is 9.47 Å². The highest BCUT2D eigenvalue weighted by molar-refractivity contribution is 6.15. The van der Waals surface area contributed by atoms with Crippen LogP contribution in [0.25, 0.3) is 6.08 Å². The third kappa shape index (κ3) is 2.33. The third-order valence-corrected chi connectivity index (χ3v) is 3.77. The predicted octanol–water partition coefficient (Wildman–Crippen LogP) is 3.23. The Balaban J connectivity index is 2.03. The lowest BCUT2D eigenvalue weighted by atomic mass is 10.1. The van der Waals surface area contributed by atoms with Gasteiger partial charge in [0, 0.05) is 23.1 Å². The Bertz CT molecular complexity index is 775. The molecule has 4 nitrogen and oxygen atoms in total. The lowest BCUT2D eigenvalue weighted by Gasteiger charge is -2.10. The summed E-state index contributed by atoms with van der Waals surface area (Å²) in [5, 5.41) is 9.53. The van der Waals surface area contributed by atoms with Crippen molar-refractivity contribution in [3.63, 3.8) is 0 Å². The summed E-state index contributed by atoms with van der Waals surface area (Å²) in [4.78, 5) is 12.5.